The summed E-state index contributed by atoms with van der Waals surface area (Å²) in [5, 5.41) is 10.8. The first-order valence-electron chi connectivity index (χ1n) is 4.74. The van der Waals surface area contributed by atoms with Crippen molar-refractivity contribution in [3.63, 3.8) is 0 Å². The number of alkyl halides is 3. The van der Waals surface area contributed by atoms with Gasteiger partial charge in [0.05, 0.1) is 0 Å². The Morgan fingerprint density at radius 1 is 1.18 bits per heavy atom. The van der Waals surface area contributed by atoms with Crippen molar-refractivity contribution in [3.05, 3.63) is 52.0 Å². The van der Waals surface area contributed by atoms with Gasteiger partial charge in [0, 0.05) is 5.38 Å². The van der Waals surface area contributed by atoms with E-state index in [0.717, 1.165) is 16.7 Å². The molecular weight excluding hydrogens is 251 g/mol. The Kier molecular flexibility index (Phi) is 3.17. The quantitative estimate of drug-likeness (QED) is 0.898. The maximum Gasteiger partial charge on any atom is 0.434 e. The molecule has 0 aliphatic rings. The van der Waals surface area contributed by atoms with Gasteiger partial charge in [0.25, 0.3) is 0 Å². The molecule has 1 aromatic carbocycles. The van der Waals surface area contributed by atoms with Crippen molar-refractivity contribution in [1.82, 2.24) is 4.98 Å². The summed E-state index contributed by atoms with van der Waals surface area (Å²) in [7, 11) is 0. The van der Waals surface area contributed by atoms with Crippen LogP contribution in [0, 0.1) is 0 Å². The summed E-state index contributed by atoms with van der Waals surface area (Å²) in [4.78, 5) is 3.40. The Bertz CT molecular complexity index is 495. The number of halogens is 3. The number of nitrogens with zero attached hydrogens (tertiary/aromatic N) is 1. The van der Waals surface area contributed by atoms with E-state index in [2.05, 4.69) is 4.98 Å². The van der Waals surface area contributed by atoms with E-state index >= 15 is 0 Å². The van der Waals surface area contributed by atoms with Gasteiger partial charge in [-0.25, -0.2) is 4.98 Å². The molecule has 0 fully saturated rings. The van der Waals surface area contributed by atoms with Crippen LogP contribution in [0.3, 0.4) is 0 Å². The van der Waals surface area contributed by atoms with Gasteiger partial charge in [-0.3, -0.25) is 0 Å². The molecule has 0 radical (unpaired) electrons. The zero-order valence-electron chi connectivity index (χ0n) is 8.48. The van der Waals surface area contributed by atoms with Crippen molar-refractivity contribution in [2.24, 2.45) is 0 Å². The van der Waals surface area contributed by atoms with Crippen molar-refractivity contribution in [2.75, 3.05) is 0 Å². The van der Waals surface area contributed by atoms with E-state index in [0.29, 0.717) is 5.56 Å². The molecule has 0 amide bonds. The van der Waals surface area contributed by atoms with Gasteiger partial charge >= 0.3 is 6.18 Å². The lowest BCUT2D eigenvalue weighted by atomic mass is 10.1. The van der Waals surface area contributed by atoms with Crippen molar-refractivity contribution in [3.8, 4) is 0 Å². The summed E-state index contributed by atoms with van der Waals surface area (Å²) < 4.78 is 37.0. The third-order valence-electron chi connectivity index (χ3n) is 2.16. The zero-order valence-corrected chi connectivity index (χ0v) is 9.29. The van der Waals surface area contributed by atoms with Crippen LogP contribution in [0.2, 0.25) is 0 Å². The smallest absolute Gasteiger partial charge is 0.381 e. The van der Waals surface area contributed by atoms with Crippen LogP contribution in [0.5, 0.6) is 0 Å². The number of aliphatic hydroxyl groups excluding tert-OH is 1. The van der Waals surface area contributed by atoms with Crippen molar-refractivity contribution in [1.29, 1.82) is 0 Å². The Morgan fingerprint density at radius 3 is 2.35 bits per heavy atom. The number of hydrogen-bond donors (Lipinski definition) is 1. The summed E-state index contributed by atoms with van der Waals surface area (Å²) in [6.07, 6.45) is -5.58. The molecule has 1 heterocycles. The molecule has 0 aliphatic carbocycles. The van der Waals surface area contributed by atoms with E-state index in [1.54, 1.807) is 30.3 Å². The molecule has 1 unspecified atom stereocenters. The highest BCUT2D eigenvalue weighted by atomic mass is 32.1. The molecular formula is C11H8F3NOS. The molecule has 90 valence electrons. The fourth-order valence-corrected chi connectivity index (χ4v) is 2.16. The Labute approximate surface area is 99.4 Å². The minimum atomic E-state index is -4.47. The van der Waals surface area contributed by atoms with Gasteiger partial charge in [0.2, 0.25) is 0 Å². The second-order valence-electron chi connectivity index (χ2n) is 3.38. The Balaban J connectivity index is 2.27. The van der Waals surface area contributed by atoms with Crippen LogP contribution in [0.1, 0.15) is 22.4 Å². The van der Waals surface area contributed by atoms with Crippen LogP contribution in [0.15, 0.2) is 35.7 Å². The van der Waals surface area contributed by atoms with Gasteiger partial charge in [0.1, 0.15) is 11.1 Å². The molecule has 2 rings (SSSR count). The standard InChI is InChI=1S/C11H8F3NOS/c12-11(13,14)8-6-17-10(15-8)9(16)7-4-2-1-3-5-7/h1-6,9,16H. The van der Waals surface area contributed by atoms with Crippen LogP contribution in [0.4, 0.5) is 13.2 Å². The number of thiazole rings is 1. The molecule has 1 atom stereocenters. The lowest BCUT2D eigenvalue weighted by Crippen LogP contribution is -2.06. The Hall–Kier alpha value is -1.40. The molecule has 0 spiro atoms. The van der Waals surface area contributed by atoms with E-state index in [1.807, 2.05) is 0 Å². The molecule has 0 saturated carbocycles. The van der Waals surface area contributed by atoms with Gasteiger partial charge in [-0.15, -0.1) is 11.3 Å². The van der Waals surface area contributed by atoms with Gasteiger partial charge in [-0.2, -0.15) is 13.2 Å². The first-order valence-corrected chi connectivity index (χ1v) is 5.62. The Morgan fingerprint density at radius 2 is 1.82 bits per heavy atom. The number of aromatic nitrogens is 1. The summed E-state index contributed by atoms with van der Waals surface area (Å²) in [6.45, 7) is 0. The van der Waals surface area contributed by atoms with Crippen LogP contribution < -0.4 is 0 Å². The van der Waals surface area contributed by atoms with Gasteiger partial charge in [-0.05, 0) is 5.56 Å². The maximum atomic E-state index is 12.3. The second-order valence-corrected chi connectivity index (χ2v) is 4.27. The molecule has 17 heavy (non-hydrogen) atoms. The third-order valence-corrected chi connectivity index (χ3v) is 3.06. The highest BCUT2D eigenvalue weighted by molar-refractivity contribution is 7.09. The third kappa shape index (κ3) is 2.65. The van der Waals surface area contributed by atoms with Gasteiger partial charge in [-0.1, -0.05) is 30.3 Å². The molecule has 0 saturated heterocycles. The molecule has 1 aromatic heterocycles. The summed E-state index contributed by atoms with van der Waals surface area (Å²) >= 11 is 0.798. The second kappa shape index (κ2) is 4.46. The number of benzene rings is 1. The number of aliphatic hydroxyl groups is 1. The van der Waals surface area contributed by atoms with E-state index in [4.69, 9.17) is 0 Å². The highest BCUT2D eigenvalue weighted by Crippen LogP contribution is 2.33. The van der Waals surface area contributed by atoms with Crippen molar-refractivity contribution < 1.29 is 18.3 Å². The van der Waals surface area contributed by atoms with E-state index < -0.39 is 18.0 Å². The first-order chi connectivity index (χ1) is 7.98. The van der Waals surface area contributed by atoms with E-state index in [9.17, 15) is 18.3 Å². The molecule has 0 aliphatic heterocycles. The average Bonchev–Trinajstić information content (AvgIpc) is 2.78. The van der Waals surface area contributed by atoms with Crippen LogP contribution in [-0.4, -0.2) is 10.1 Å². The monoisotopic (exact) mass is 259 g/mol. The van der Waals surface area contributed by atoms with Gasteiger partial charge in [0.15, 0.2) is 5.69 Å². The largest absolute Gasteiger partial charge is 0.434 e. The maximum absolute atomic E-state index is 12.3. The summed E-state index contributed by atoms with van der Waals surface area (Å²) in [5.41, 5.74) is -0.442. The zero-order chi connectivity index (χ0) is 12.5. The molecule has 0 bridgehead atoms. The normalized spacial score (nSPS) is 13.6. The van der Waals surface area contributed by atoms with E-state index in [-0.39, 0.29) is 5.01 Å². The highest BCUT2D eigenvalue weighted by Gasteiger charge is 2.34. The molecule has 2 nitrogen and oxygen atoms in total. The molecule has 2 aromatic rings. The number of hydrogen-bond acceptors (Lipinski definition) is 3. The fraction of sp³-hybridized carbons (Fsp3) is 0.182. The fourth-order valence-electron chi connectivity index (χ4n) is 1.32. The minimum Gasteiger partial charge on any atom is -0.381 e. The van der Waals surface area contributed by atoms with Crippen LogP contribution >= 0.6 is 11.3 Å². The molecule has 6 heteroatoms. The SMILES string of the molecule is OC(c1ccccc1)c1nc(C(F)(F)F)cs1. The summed E-state index contributed by atoms with van der Waals surface area (Å²) in [6, 6.07) is 8.45. The van der Waals surface area contributed by atoms with Crippen LogP contribution in [0.25, 0.3) is 0 Å². The number of rotatable bonds is 2. The van der Waals surface area contributed by atoms with Gasteiger partial charge < -0.3 is 5.11 Å². The van der Waals surface area contributed by atoms with Crippen molar-refractivity contribution >= 4 is 11.3 Å². The molecule has 1 N–H and O–H groups in total. The minimum absolute atomic E-state index is 0.0449. The lowest BCUT2D eigenvalue weighted by Gasteiger charge is -2.07. The topological polar surface area (TPSA) is 33.1 Å². The van der Waals surface area contributed by atoms with Crippen molar-refractivity contribution in [2.45, 2.75) is 12.3 Å². The summed E-state index contributed by atoms with van der Waals surface area (Å²) in [5.74, 6) is 0. The first kappa shape index (κ1) is 12.1. The predicted octanol–water partition coefficient (Wildman–Crippen LogP) is 3.24. The van der Waals surface area contributed by atoms with Crippen LogP contribution in [-0.2, 0) is 6.18 Å². The predicted molar refractivity (Wildman–Crippen MR) is 57.6 cm³/mol. The van der Waals surface area contributed by atoms with E-state index in [1.165, 1.54) is 0 Å². The lowest BCUT2D eigenvalue weighted by molar-refractivity contribution is -0.140. The average molecular weight is 259 g/mol.